The normalized spacial score (nSPS) is 12.1. The van der Waals surface area contributed by atoms with E-state index in [1.165, 1.54) is 16.9 Å². The third-order valence-corrected chi connectivity index (χ3v) is 1.38. The molecule has 1 aromatic rings. The Hall–Kier alpha value is -0.980. The molecule has 1 aromatic carbocycles. The molecule has 1 heteroatoms. The van der Waals surface area contributed by atoms with Gasteiger partial charge >= 0.3 is 0 Å². The molecule has 1 heterocycles. The standard InChI is InChI=1S/C7H7N/c1-5-2-3-6-7(4-5)8-6/h2-4,8H,1H3. The van der Waals surface area contributed by atoms with Gasteiger partial charge in [0.15, 0.2) is 0 Å². The predicted octanol–water partition coefficient (Wildman–Crippen LogP) is 2.05. The van der Waals surface area contributed by atoms with Gasteiger partial charge in [-0.1, -0.05) is 6.07 Å². The smallest absolute Gasteiger partial charge is 0.0626 e. The van der Waals surface area contributed by atoms with Crippen LogP contribution in [0.1, 0.15) is 5.56 Å². The monoisotopic (exact) mass is 105 g/mol. The first kappa shape index (κ1) is 3.96. The van der Waals surface area contributed by atoms with Gasteiger partial charge in [0, 0.05) is 0 Å². The van der Waals surface area contributed by atoms with Gasteiger partial charge < -0.3 is 5.32 Å². The molecule has 1 aliphatic rings. The zero-order chi connectivity index (χ0) is 5.56. The van der Waals surface area contributed by atoms with Crippen LogP contribution in [0.2, 0.25) is 0 Å². The van der Waals surface area contributed by atoms with Crippen molar-refractivity contribution in [2.24, 2.45) is 0 Å². The van der Waals surface area contributed by atoms with Crippen LogP contribution in [-0.2, 0) is 0 Å². The van der Waals surface area contributed by atoms with Crippen molar-refractivity contribution in [3.63, 3.8) is 0 Å². The molecule has 0 fully saturated rings. The molecule has 0 saturated carbocycles. The molecule has 0 spiro atoms. The molecule has 0 radical (unpaired) electrons. The van der Waals surface area contributed by atoms with E-state index < -0.39 is 0 Å². The Balaban J connectivity index is 2.64. The maximum absolute atomic E-state index is 3.13. The molecule has 0 amide bonds. The number of hydrogen-bond donors (Lipinski definition) is 1. The summed E-state index contributed by atoms with van der Waals surface area (Å²) in [7, 11) is 0. The van der Waals surface area contributed by atoms with E-state index in [4.69, 9.17) is 0 Å². The van der Waals surface area contributed by atoms with Crippen LogP contribution in [0.3, 0.4) is 0 Å². The third kappa shape index (κ3) is 0.413. The Morgan fingerprint density at radius 1 is 1.25 bits per heavy atom. The van der Waals surface area contributed by atoms with E-state index in [0.717, 1.165) is 0 Å². The molecule has 8 heavy (non-hydrogen) atoms. The molecule has 1 aliphatic heterocycles. The Bertz CT molecular complexity index is 227. The van der Waals surface area contributed by atoms with Gasteiger partial charge in [-0.15, -0.1) is 0 Å². The van der Waals surface area contributed by atoms with Crippen molar-refractivity contribution in [3.05, 3.63) is 23.8 Å². The van der Waals surface area contributed by atoms with Crippen molar-refractivity contribution in [2.75, 3.05) is 5.32 Å². The average Bonchev–Trinajstić information content (AvgIpc) is 2.43. The minimum Gasteiger partial charge on any atom is -0.352 e. The van der Waals surface area contributed by atoms with Crippen LogP contribution in [0.25, 0.3) is 0 Å². The minimum atomic E-state index is 1.29. The Morgan fingerprint density at radius 3 is 2.75 bits per heavy atom. The van der Waals surface area contributed by atoms with E-state index in [0.29, 0.717) is 0 Å². The first-order chi connectivity index (χ1) is 3.86. The summed E-state index contributed by atoms with van der Waals surface area (Å²) in [6.45, 7) is 2.10. The average molecular weight is 105 g/mol. The van der Waals surface area contributed by atoms with Gasteiger partial charge in [0.1, 0.15) is 0 Å². The lowest BCUT2D eigenvalue weighted by molar-refractivity contribution is 1.52. The minimum absolute atomic E-state index is 1.29. The van der Waals surface area contributed by atoms with Crippen LogP contribution in [-0.4, -0.2) is 0 Å². The predicted molar refractivity (Wildman–Crippen MR) is 34.5 cm³/mol. The van der Waals surface area contributed by atoms with Crippen LogP contribution >= 0.6 is 0 Å². The van der Waals surface area contributed by atoms with Crippen molar-refractivity contribution in [2.45, 2.75) is 6.92 Å². The zero-order valence-corrected chi connectivity index (χ0v) is 4.73. The fraction of sp³-hybridized carbons (Fsp3) is 0.143. The highest BCUT2D eigenvalue weighted by atomic mass is 15.0. The summed E-state index contributed by atoms with van der Waals surface area (Å²) >= 11 is 0. The topological polar surface area (TPSA) is 21.9 Å². The van der Waals surface area contributed by atoms with E-state index in [1.54, 1.807) is 0 Å². The maximum atomic E-state index is 3.13. The Morgan fingerprint density at radius 2 is 2.12 bits per heavy atom. The van der Waals surface area contributed by atoms with Crippen molar-refractivity contribution < 1.29 is 0 Å². The molecule has 0 aliphatic carbocycles. The maximum Gasteiger partial charge on any atom is 0.0626 e. The lowest BCUT2D eigenvalue weighted by Gasteiger charge is -1.79. The van der Waals surface area contributed by atoms with Crippen LogP contribution in [0.4, 0.5) is 11.4 Å². The van der Waals surface area contributed by atoms with E-state index in [9.17, 15) is 0 Å². The lowest BCUT2D eigenvalue weighted by Crippen LogP contribution is -1.58. The van der Waals surface area contributed by atoms with Crippen LogP contribution in [0, 0.1) is 6.92 Å². The van der Waals surface area contributed by atoms with Gasteiger partial charge in [-0.25, -0.2) is 0 Å². The van der Waals surface area contributed by atoms with Gasteiger partial charge in [-0.2, -0.15) is 0 Å². The van der Waals surface area contributed by atoms with Crippen LogP contribution in [0.5, 0.6) is 0 Å². The summed E-state index contributed by atoms with van der Waals surface area (Å²) in [6.07, 6.45) is 0. The zero-order valence-electron chi connectivity index (χ0n) is 4.73. The quantitative estimate of drug-likeness (QED) is 0.509. The SMILES string of the molecule is Cc1ccc2c(c1)N2. The molecule has 1 N–H and O–H groups in total. The first-order valence-corrected chi connectivity index (χ1v) is 2.74. The van der Waals surface area contributed by atoms with E-state index in [-0.39, 0.29) is 0 Å². The lowest BCUT2D eigenvalue weighted by atomic mass is 10.2. The number of hydrogen-bond acceptors (Lipinski definition) is 1. The molecule has 40 valence electrons. The highest BCUT2D eigenvalue weighted by Gasteiger charge is 2.12. The largest absolute Gasteiger partial charge is 0.352 e. The van der Waals surface area contributed by atoms with Gasteiger partial charge in [0.2, 0.25) is 0 Å². The first-order valence-electron chi connectivity index (χ1n) is 2.74. The summed E-state index contributed by atoms with van der Waals surface area (Å²) in [5.74, 6) is 0. The second-order valence-electron chi connectivity index (χ2n) is 2.17. The van der Waals surface area contributed by atoms with E-state index in [1.807, 2.05) is 0 Å². The summed E-state index contributed by atoms with van der Waals surface area (Å²) in [4.78, 5) is 0. The fourth-order valence-corrected chi connectivity index (χ4v) is 0.850. The Labute approximate surface area is 48.3 Å². The number of anilines is 2. The molecule has 0 aromatic heterocycles. The molecule has 0 saturated heterocycles. The number of fused-ring (bicyclic) bond motifs is 1. The van der Waals surface area contributed by atoms with Gasteiger partial charge in [0.25, 0.3) is 0 Å². The van der Waals surface area contributed by atoms with Crippen LogP contribution < -0.4 is 5.32 Å². The molecule has 2 rings (SSSR count). The fourth-order valence-electron chi connectivity index (χ4n) is 0.850. The van der Waals surface area contributed by atoms with E-state index >= 15 is 0 Å². The van der Waals surface area contributed by atoms with Gasteiger partial charge in [0.05, 0.1) is 11.4 Å². The van der Waals surface area contributed by atoms with Gasteiger partial charge in [-0.05, 0) is 24.6 Å². The van der Waals surface area contributed by atoms with Crippen molar-refractivity contribution >= 4 is 11.4 Å². The number of aryl methyl sites for hydroxylation is 1. The van der Waals surface area contributed by atoms with Gasteiger partial charge in [-0.3, -0.25) is 0 Å². The van der Waals surface area contributed by atoms with Crippen molar-refractivity contribution in [1.29, 1.82) is 0 Å². The molecule has 0 bridgehead atoms. The second kappa shape index (κ2) is 1.05. The Kier molecular flexibility index (Phi) is 0.519. The highest BCUT2D eigenvalue weighted by molar-refractivity contribution is 5.90. The van der Waals surface area contributed by atoms with Crippen LogP contribution in [0.15, 0.2) is 18.2 Å². The summed E-state index contributed by atoms with van der Waals surface area (Å²) in [6, 6.07) is 6.36. The van der Waals surface area contributed by atoms with Crippen molar-refractivity contribution in [3.8, 4) is 0 Å². The molecule has 0 unspecified atom stereocenters. The summed E-state index contributed by atoms with van der Waals surface area (Å²) in [5.41, 5.74) is 3.91. The molecule has 0 atom stereocenters. The number of nitrogens with one attached hydrogen (secondary N) is 1. The summed E-state index contributed by atoms with van der Waals surface area (Å²) < 4.78 is 0. The number of rotatable bonds is 0. The molecular formula is C7H7N. The third-order valence-electron chi connectivity index (χ3n) is 1.38. The summed E-state index contributed by atoms with van der Waals surface area (Å²) in [5, 5.41) is 3.13. The molecular weight excluding hydrogens is 98.1 g/mol. The van der Waals surface area contributed by atoms with E-state index in [2.05, 4.69) is 30.4 Å². The molecule has 1 nitrogen and oxygen atoms in total. The van der Waals surface area contributed by atoms with Crippen molar-refractivity contribution in [1.82, 2.24) is 0 Å². The second-order valence-corrected chi connectivity index (χ2v) is 2.17. The highest BCUT2D eigenvalue weighted by Crippen LogP contribution is 2.38. The number of benzene rings is 1.